The van der Waals surface area contributed by atoms with Gasteiger partial charge in [0, 0.05) is 46.9 Å². The Morgan fingerprint density at radius 3 is 1.20 bits per heavy atom. The first-order valence-corrected chi connectivity index (χ1v) is 22.1. The Morgan fingerprint density at radius 2 is 0.780 bits per heavy atom. The van der Waals surface area contributed by atoms with E-state index in [4.69, 9.17) is 9.05 Å². The molecular formula is C44H54N2O2P2. The number of fused-ring (bicyclic) bond motifs is 6. The summed E-state index contributed by atoms with van der Waals surface area (Å²) >= 11 is 0. The third-order valence-electron chi connectivity index (χ3n) is 11.4. The molecule has 2 aliphatic carbocycles. The summed E-state index contributed by atoms with van der Waals surface area (Å²) in [6.45, 7) is 2.25. The molecule has 262 valence electrons. The molecule has 2 unspecified atom stereocenters. The van der Waals surface area contributed by atoms with Gasteiger partial charge in [0.05, 0.1) is 0 Å². The smallest absolute Gasteiger partial charge is 0.197 e. The molecule has 0 N–H and O–H groups in total. The maximum atomic E-state index is 6.99. The highest BCUT2D eigenvalue weighted by Gasteiger charge is 2.37. The largest absolute Gasteiger partial charge is 0.453 e. The van der Waals surface area contributed by atoms with Crippen molar-refractivity contribution in [3.8, 4) is 33.8 Å². The Labute approximate surface area is 303 Å². The van der Waals surface area contributed by atoms with Gasteiger partial charge >= 0.3 is 0 Å². The summed E-state index contributed by atoms with van der Waals surface area (Å²) in [6, 6.07) is 36.7. The molecule has 6 heteroatoms. The van der Waals surface area contributed by atoms with Gasteiger partial charge in [-0.1, -0.05) is 137 Å². The van der Waals surface area contributed by atoms with Crippen LogP contribution in [0.25, 0.3) is 22.3 Å². The van der Waals surface area contributed by atoms with Gasteiger partial charge in [0.2, 0.25) is 0 Å². The van der Waals surface area contributed by atoms with Crippen LogP contribution in [0.5, 0.6) is 11.5 Å². The van der Waals surface area contributed by atoms with E-state index < -0.39 is 16.6 Å². The van der Waals surface area contributed by atoms with E-state index in [1.165, 1.54) is 136 Å². The van der Waals surface area contributed by atoms with Gasteiger partial charge in [-0.3, -0.25) is 0 Å². The van der Waals surface area contributed by atoms with Crippen LogP contribution in [0, 0.1) is 0 Å². The third kappa shape index (κ3) is 7.56. The van der Waals surface area contributed by atoms with Crippen molar-refractivity contribution in [2.24, 2.45) is 0 Å². The molecule has 0 bridgehead atoms. The van der Waals surface area contributed by atoms with Crippen LogP contribution in [-0.2, 0) is 0 Å². The molecule has 4 aliphatic rings. The molecule has 50 heavy (non-hydrogen) atoms. The van der Waals surface area contributed by atoms with Crippen LogP contribution < -0.4 is 19.7 Å². The van der Waals surface area contributed by atoms with Gasteiger partial charge < -0.3 is 9.05 Å². The summed E-state index contributed by atoms with van der Waals surface area (Å²) in [4.78, 5) is 0. The molecule has 4 nitrogen and oxygen atoms in total. The number of unbranched alkanes of at least 4 members (excludes halogenated alkanes) is 3. The van der Waals surface area contributed by atoms with Crippen LogP contribution in [0.15, 0.2) is 97.1 Å². The molecule has 2 saturated carbocycles. The summed E-state index contributed by atoms with van der Waals surface area (Å²) in [6.07, 6.45) is 21.1. The summed E-state index contributed by atoms with van der Waals surface area (Å²) in [5.41, 5.74) is 5.23. The topological polar surface area (TPSA) is 24.9 Å². The Balaban J connectivity index is 0.958. The molecule has 0 radical (unpaired) electrons. The molecule has 0 spiro atoms. The summed E-state index contributed by atoms with van der Waals surface area (Å²) < 4.78 is 19.7. The van der Waals surface area contributed by atoms with Crippen molar-refractivity contribution in [2.75, 3.05) is 13.1 Å². The van der Waals surface area contributed by atoms with Gasteiger partial charge in [0.25, 0.3) is 0 Å². The molecule has 0 aromatic heterocycles. The van der Waals surface area contributed by atoms with Crippen LogP contribution in [-0.4, -0.2) is 34.5 Å². The zero-order chi connectivity index (χ0) is 33.5. The second-order valence-electron chi connectivity index (χ2n) is 14.8. The fourth-order valence-electron chi connectivity index (χ4n) is 8.80. The standard InChI is InChI=1S/C44H54N2O2P2/c1-2-8-22-35(21-7-1)45(49-43-31-17-13-27-39(43)37-25-11-15-29-41(37)47-49)33-19-5-6-20-34-46(36-23-9-3-4-10-24-36)50-44-32-18-14-28-40(44)38-26-12-16-30-42(38)48-50/h11-18,25-32,35-36H,1-10,19-24,33-34H2. The van der Waals surface area contributed by atoms with Gasteiger partial charge in [0.15, 0.2) is 16.6 Å². The quantitative estimate of drug-likeness (QED) is 0.0881. The van der Waals surface area contributed by atoms with Gasteiger partial charge in [-0.25, -0.2) is 9.34 Å². The van der Waals surface area contributed by atoms with Crippen molar-refractivity contribution in [3.63, 3.8) is 0 Å². The van der Waals surface area contributed by atoms with Gasteiger partial charge in [-0.15, -0.1) is 0 Å². The number of benzene rings is 4. The van der Waals surface area contributed by atoms with E-state index in [0.29, 0.717) is 12.1 Å². The average molecular weight is 705 g/mol. The predicted molar refractivity (Wildman–Crippen MR) is 213 cm³/mol. The fraction of sp³-hybridized carbons (Fsp3) is 0.455. The monoisotopic (exact) mass is 704 g/mol. The van der Waals surface area contributed by atoms with Crippen molar-refractivity contribution in [1.82, 2.24) is 9.34 Å². The zero-order valence-corrected chi connectivity index (χ0v) is 31.5. The summed E-state index contributed by atoms with van der Waals surface area (Å²) in [7, 11) is -1.72. The Morgan fingerprint density at radius 1 is 0.420 bits per heavy atom. The van der Waals surface area contributed by atoms with E-state index >= 15 is 0 Å². The number of rotatable bonds is 11. The van der Waals surface area contributed by atoms with E-state index in [1.54, 1.807) is 0 Å². The molecule has 4 aromatic carbocycles. The molecule has 2 atom stereocenters. The zero-order valence-electron chi connectivity index (χ0n) is 29.7. The van der Waals surface area contributed by atoms with Crippen molar-refractivity contribution < 1.29 is 9.05 Å². The number of hydrogen-bond donors (Lipinski definition) is 0. The van der Waals surface area contributed by atoms with E-state index in [1.807, 2.05) is 0 Å². The summed E-state index contributed by atoms with van der Waals surface area (Å²) in [5, 5.41) is 2.81. The average Bonchev–Trinajstić information content (AvgIpc) is 3.62. The first-order chi connectivity index (χ1) is 24.8. The Bertz CT molecular complexity index is 1570. The van der Waals surface area contributed by atoms with Crippen LogP contribution in [0.3, 0.4) is 0 Å². The number of nitrogens with zero attached hydrogens (tertiary/aromatic N) is 2. The maximum Gasteiger partial charge on any atom is 0.197 e. The predicted octanol–water partition coefficient (Wildman–Crippen LogP) is 12.0. The Hall–Kier alpha value is -2.74. The highest BCUT2D eigenvalue weighted by molar-refractivity contribution is 7.59. The molecule has 2 fully saturated rings. The van der Waals surface area contributed by atoms with Gasteiger partial charge in [-0.2, -0.15) is 0 Å². The van der Waals surface area contributed by atoms with Crippen LogP contribution in [0.4, 0.5) is 0 Å². The van der Waals surface area contributed by atoms with Crippen LogP contribution in [0.2, 0.25) is 0 Å². The Kier molecular flexibility index (Phi) is 11.5. The lowest BCUT2D eigenvalue weighted by Crippen LogP contribution is -2.37. The van der Waals surface area contributed by atoms with E-state index in [9.17, 15) is 0 Å². The lowest BCUT2D eigenvalue weighted by atomic mass is 10.0. The maximum absolute atomic E-state index is 6.99. The minimum atomic E-state index is -0.862. The lowest BCUT2D eigenvalue weighted by Gasteiger charge is -2.40. The minimum Gasteiger partial charge on any atom is -0.453 e. The van der Waals surface area contributed by atoms with Crippen LogP contribution >= 0.6 is 16.6 Å². The van der Waals surface area contributed by atoms with Crippen molar-refractivity contribution in [1.29, 1.82) is 0 Å². The number of hydrogen-bond acceptors (Lipinski definition) is 4. The molecule has 4 aromatic rings. The SMILES string of the molecule is c1ccc2c(c1)OP(N(CCCCCCN(C1CCCCCC1)P1Oc3ccccc3-c3ccccc31)C1CCCCCC1)c1ccccc1-2. The highest BCUT2D eigenvalue weighted by Crippen LogP contribution is 2.54. The normalized spacial score (nSPS) is 20.8. The first-order valence-electron chi connectivity index (χ1n) is 19.7. The fourth-order valence-corrected chi connectivity index (χ4v) is 13.4. The molecule has 8 rings (SSSR count). The van der Waals surface area contributed by atoms with Crippen molar-refractivity contribution in [3.05, 3.63) is 97.1 Å². The van der Waals surface area contributed by atoms with Crippen LogP contribution in [0.1, 0.15) is 103 Å². The number of para-hydroxylation sites is 2. The van der Waals surface area contributed by atoms with E-state index in [-0.39, 0.29) is 0 Å². The lowest BCUT2D eigenvalue weighted by molar-refractivity contribution is 0.277. The van der Waals surface area contributed by atoms with E-state index in [2.05, 4.69) is 106 Å². The molecule has 0 amide bonds. The van der Waals surface area contributed by atoms with Gasteiger partial charge in [0.1, 0.15) is 11.5 Å². The van der Waals surface area contributed by atoms with E-state index in [0.717, 1.165) is 24.6 Å². The molecule has 2 aliphatic heterocycles. The molecule has 0 saturated heterocycles. The van der Waals surface area contributed by atoms with Gasteiger partial charge in [-0.05, 0) is 73.9 Å². The van der Waals surface area contributed by atoms with Crippen molar-refractivity contribution in [2.45, 2.75) is 115 Å². The second-order valence-corrected chi connectivity index (χ2v) is 18.2. The first kappa shape index (κ1) is 34.4. The third-order valence-corrected chi connectivity index (χ3v) is 15.8. The molecule has 2 heterocycles. The highest BCUT2D eigenvalue weighted by atomic mass is 31.2. The second kappa shape index (κ2) is 16.7. The summed E-state index contributed by atoms with van der Waals surface area (Å²) in [5.74, 6) is 2.12. The molecular weight excluding hydrogens is 650 g/mol. The van der Waals surface area contributed by atoms with Crippen molar-refractivity contribution >= 4 is 27.2 Å². The minimum absolute atomic E-state index is 0.613.